The first-order chi connectivity index (χ1) is 15.8. The van der Waals surface area contributed by atoms with Gasteiger partial charge in [-0.2, -0.15) is 8.42 Å². The van der Waals surface area contributed by atoms with E-state index in [0.29, 0.717) is 42.7 Å². The molecule has 1 aromatic rings. The third kappa shape index (κ3) is 6.96. The first-order valence-corrected chi connectivity index (χ1v) is 14.6. The number of thiophene rings is 1. The van der Waals surface area contributed by atoms with Crippen LogP contribution in [0.4, 0.5) is 0 Å². The molecule has 15 heteroatoms. The number of carbonyl (C=O) groups excluding carboxylic acids is 1. The highest BCUT2D eigenvalue weighted by Crippen LogP contribution is 2.45. The third-order valence-electron chi connectivity index (χ3n) is 5.35. The standard InChI is InChI=1S/C19H32N4O8S3/c1-5-22(17(24)9-7-6-8-10-31-23(25)26)16-11-14(2)33(27,28)19-15(16)12-18(32-19)34(29,30)20-13-21(3)4/h12-14,16,25-26H,5-11H2,1-4H3/b20-13+. The van der Waals surface area contributed by atoms with Crippen LogP contribution in [0.15, 0.2) is 18.9 Å². The van der Waals surface area contributed by atoms with Crippen LogP contribution in [-0.2, 0) is 29.5 Å². The van der Waals surface area contributed by atoms with E-state index in [0.717, 1.165) is 6.34 Å². The summed E-state index contributed by atoms with van der Waals surface area (Å²) in [7, 11) is -4.59. The van der Waals surface area contributed by atoms with Crippen molar-refractivity contribution in [2.45, 2.75) is 65.7 Å². The molecule has 2 rings (SSSR count). The third-order valence-corrected chi connectivity index (χ3v) is 10.9. The predicted octanol–water partition coefficient (Wildman–Crippen LogP) is 2.05. The van der Waals surface area contributed by atoms with Crippen LogP contribution in [0.25, 0.3) is 0 Å². The summed E-state index contributed by atoms with van der Waals surface area (Å²) in [6.07, 6.45) is 3.18. The minimum atomic E-state index is -4.09. The van der Waals surface area contributed by atoms with Crippen molar-refractivity contribution in [2.75, 3.05) is 27.2 Å². The molecule has 0 saturated carbocycles. The van der Waals surface area contributed by atoms with Crippen molar-refractivity contribution in [2.24, 2.45) is 4.40 Å². The molecule has 2 heterocycles. The molecule has 194 valence electrons. The van der Waals surface area contributed by atoms with Crippen molar-refractivity contribution >= 4 is 43.4 Å². The molecule has 0 saturated heterocycles. The quantitative estimate of drug-likeness (QED) is 0.174. The molecular weight excluding hydrogens is 508 g/mol. The van der Waals surface area contributed by atoms with Gasteiger partial charge in [-0.15, -0.1) is 15.7 Å². The number of fused-ring (bicyclic) bond motifs is 1. The van der Waals surface area contributed by atoms with Gasteiger partial charge in [0.2, 0.25) is 5.91 Å². The van der Waals surface area contributed by atoms with Gasteiger partial charge >= 0.3 is 0 Å². The zero-order valence-corrected chi connectivity index (χ0v) is 22.1. The largest absolute Gasteiger partial charge is 0.368 e. The zero-order valence-electron chi connectivity index (χ0n) is 19.6. The Morgan fingerprint density at radius 1 is 1.29 bits per heavy atom. The molecule has 0 aliphatic carbocycles. The van der Waals surface area contributed by atoms with Gasteiger partial charge in [-0.1, -0.05) is 6.42 Å². The van der Waals surface area contributed by atoms with E-state index in [9.17, 15) is 21.6 Å². The number of sulfonamides is 1. The fraction of sp³-hybridized carbons (Fsp3) is 0.684. The minimum Gasteiger partial charge on any atom is -0.368 e. The van der Waals surface area contributed by atoms with Gasteiger partial charge in [0.15, 0.2) is 9.84 Å². The van der Waals surface area contributed by atoms with Crippen LogP contribution in [0, 0.1) is 0 Å². The highest BCUT2D eigenvalue weighted by molar-refractivity contribution is 7.96. The monoisotopic (exact) mass is 540 g/mol. The Balaban J connectivity index is 2.27. The molecule has 0 spiro atoms. The maximum atomic E-state index is 13.0. The van der Waals surface area contributed by atoms with Crippen LogP contribution in [-0.4, -0.2) is 87.2 Å². The normalized spacial score (nSPS) is 20.0. The number of unbranched alkanes of at least 4 members (excludes halogenated alkanes) is 2. The lowest BCUT2D eigenvalue weighted by Crippen LogP contribution is -2.40. The number of amides is 1. The maximum Gasteiger partial charge on any atom is 0.293 e. The summed E-state index contributed by atoms with van der Waals surface area (Å²) in [6.45, 7) is 3.77. The molecule has 1 amide bonds. The second-order valence-corrected chi connectivity index (χ2v) is 13.6. The van der Waals surface area contributed by atoms with Crippen molar-refractivity contribution in [3.63, 3.8) is 0 Å². The molecule has 0 fully saturated rings. The number of hydrogen-bond donors (Lipinski definition) is 2. The van der Waals surface area contributed by atoms with Crippen molar-refractivity contribution in [1.82, 2.24) is 15.2 Å². The Morgan fingerprint density at radius 3 is 2.56 bits per heavy atom. The number of carbonyl (C=O) groups is 1. The van der Waals surface area contributed by atoms with E-state index in [1.807, 2.05) is 0 Å². The van der Waals surface area contributed by atoms with Gasteiger partial charge in [0.25, 0.3) is 10.0 Å². The molecular formula is C19H32N4O8S3. The van der Waals surface area contributed by atoms with Crippen molar-refractivity contribution in [3.8, 4) is 0 Å². The van der Waals surface area contributed by atoms with Gasteiger partial charge in [0, 0.05) is 32.6 Å². The first kappa shape index (κ1) is 28.6. The molecule has 0 aromatic carbocycles. The second kappa shape index (κ2) is 11.9. The molecule has 12 nitrogen and oxygen atoms in total. The van der Waals surface area contributed by atoms with Crippen LogP contribution in [0.2, 0.25) is 0 Å². The van der Waals surface area contributed by atoms with Crippen LogP contribution in [0.5, 0.6) is 0 Å². The van der Waals surface area contributed by atoms with Gasteiger partial charge in [0.05, 0.1) is 23.3 Å². The van der Waals surface area contributed by atoms with E-state index >= 15 is 0 Å². The zero-order chi connectivity index (χ0) is 25.7. The Bertz CT molecular complexity index is 1080. The topological polar surface area (TPSA) is 157 Å². The van der Waals surface area contributed by atoms with Crippen molar-refractivity contribution < 1.29 is 36.9 Å². The fourth-order valence-corrected chi connectivity index (χ4v) is 8.50. The van der Waals surface area contributed by atoms with Crippen molar-refractivity contribution in [1.29, 1.82) is 0 Å². The summed E-state index contributed by atoms with van der Waals surface area (Å²) in [5, 5.41) is 15.9. The average molecular weight is 541 g/mol. The van der Waals surface area contributed by atoms with Crippen LogP contribution in [0.3, 0.4) is 0 Å². The van der Waals surface area contributed by atoms with E-state index in [4.69, 9.17) is 10.4 Å². The lowest BCUT2D eigenvalue weighted by molar-refractivity contribution is -0.492. The molecule has 0 radical (unpaired) electrons. The molecule has 34 heavy (non-hydrogen) atoms. The number of sulfone groups is 1. The van der Waals surface area contributed by atoms with Gasteiger partial charge < -0.3 is 9.80 Å². The molecule has 0 bridgehead atoms. The molecule has 2 atom stereocenters. The molecule has 1 aliphatic heterocycles. The Kier molecular flexibility index (Phi) is 10.00. The number of nitrogens with zero attached hydrogens (tertiary/aromatic N) is 4. The highest BCUT2D eigenvalue weighted by Gasteiger charge is 2.42. The van der Waals surface area contributed by atoms with Crippen LogP contribution >= 0.6 is 11.3 Å². The first-order valence-electron chi connectivity index (χ1n) is 10.8. The molecule has 1 aromatic heterocycles. The summed E-state index contributed by atoms with van der Waals surface area (Å²) in [5.74, 6) is -0.168. The van der Waals surface area contributed by atoms with E-state index in [-0.39, 0.29) is 39.2 Å². The SMILES string of the molecule is CCN(C(=O)CCCCCON(O)O)C1CC(C)S(=O)(=O)c2sc(S(=O)(=O)/N=C/N(C)C)cc21. The number of hydrogen-bond acceptors (Lipinski definition) is 10. The summed E-state index contributed by atoms with van der Waals surface area (Å²) in [4.78, 5) is 20.5. The Labute approximate surface area is 204 Å². The Morgan fingerprint density at radius 2 is 1.97 bits per heavy atom. The second-order valence-electron chi connectivity index (χ2n) is 8.15. The van der Waals surface area contributed by atoms with Crippen LogP contribution in [0.1, 0.15) is 57.6 Å². The predicted molar refractivity (Wildman–Crippen MR) is 125 cm³/mol. The smallest absolute Gasteiger partial charge is 0.293 e. The summed E-state index contributed by atoms with van der Waals surface area (Å²) in [5.41, 5.74) is 0.316. The van der Waals surface area contributed by atoms with Gasteiger partial charge in [0.1, 0.15) is 14.8 Å². The molecule has 2 N–H and O–H groups in total. The fourth-order valence-electron chi connectivity index (χ4n) is 3.62. The highest BCUT2D eigenvalue weighted by atomic mass is 32.3. The van der Waals surface area contributed by atoms with E-state index < -0.39 is 31.2 Å². The lowest BCUT2D eigenvalue weighted by atomic mass is 10.0. The summed E-state index contributed by atoms with van der Waals surface area (Å²) >= 11 is 0.672. The average Bonchev–Trinajstić information content (AvgIpc) is 3.21. The van der Waals surface area contributed by atoms with E-state index in [1.165, 1.54) is 11.0 Å². The Hall–Kier alpha value is -1.62. The van der Waals surface area contributed by atoms with Gasteiger partial charge in [-0.25, -0.2) is 8.42 Å². The van der Waals surface area contributed by atoms with E-state index in [1.54, 1.807) is 32.8 Å². The maximum absolute atomic E-state index is 13.0. The summed E-state index contributed by atoms with van der Waals surface area (Å²) in [6, 6.07) is 0.768. The minimum absolute atomic E-state index is 0.0316. The number of rotatable bonds is 12. The molecule has 1 aliphatic rings. The van der Waals surface area contributed by atoms with Crippen LogP contribution < -0.4 is 0 Å². The van der Waals surface area contributed by atoms with E-state index in [2.05, 4.69) is 9.24 Å². The summed E-state index contributed by atoms with van der Waals surface area (Å²) < 4.78 is 54.7. The molecule has 2 unspecified atom stereocenters. The lowest BCUT2D eigenvalue weighted by Gasteiger charge is -2.36. The van der Waals surface area contributed by atoms with Crippen molar-refractivity contribution in [3.05, 3.63) is 11.6 Å². The van der Waals surface area contributed by atoms with Gasteiger partial charge in [-0.05, 0) is 39.2 Å². The van der Waals surface area contributed by atoms with Gasteiger partial charge in [-0.3, -0.25) is 20.0 Å².